The number of benzene rings is 1. The van der Waals surface area contributed by atoms with Gasteiger partial charge in [0.25, 0.3) is 0 Å². The van der Waals surface area contributed by atoms with Crippen LogP contribution in [0.4, 0.5) is 0 Å². The Bertz CT molecular complexity index is 537. The summed E-state index contributed by atoms with van der Waals surface area (Å²) in [4.78, 5) is 15.1. The van der Waals surface area contributed by atoms with Gasteiger partial charge in [0.05, 0.1) is 17.5 Å². The van der Waals surface area contributed by atoms with Gasteiger partial charge in [-0.15, -0.1) is 12.4 Å². The van der Waals surface area contributed by atoms with E-state index in [1.165, 1.54) is 0 Å². The second kappa shape index (κ2) is 6.40. The maximum atomic E-state index is 10.6. The molecule has 0 aliphatic carbocycles. The molecule has 0 aliphatic rings. The van der Waals surface area contributed by atoms with Gasteiger partial charge in [-0.3, -0.25) is 4.79 Å². The molecule has 4 nitrogen and oxygen atoms in total. The third kappa shape index (κ3) is 3.01. The number of fused-ring (bicyclic) bond motifs is 1. The highest BCUT2D eigenvalue weighted by Crippen LogP contribution is 2.17. The van der Waals surface area contributed by atoms with Crippen molar-refractivity contribution in [2.45, 2.75) is 32.7 Å². The number of para-hydroxylation sites is 2. The number of aliphatic carboxylic acids is 1. The molecule has 0 saturated heterocycles. The van der Waals surface area contributed by atoms with E-state index in [1.807, 2.05) is 24.3 Å². The molecule has 98 valence electrons. The lowest BCUT2D eigenvalue weighted by Gasteiger charge is -2.06. The number of carboxylic acid groups (broad SMARTS) is 1. The van der Waals surface area contributed by atoms with E-state index in [2.05, 4.69) is 16.5 Å². The smallest absolute Gasteiger partial charge is 0.303 e. The standard InChI is InChI=1S/C13H16N2O2.ClH/c1-2-9-15-11-6-4-3-5-10(11)14-12(15)7-8-13(16)17;/h3-6H,2,7-9H2,1H3,(H,16,17);1H. The lowest BCUT2D eigenvalue weighted by molar-refractivity contribution is -0.137. The summed E-state index contributed by atoms with van der Waals surface area (Å²) in [7, 11) is 0. The van der Waals surface area contributed by atoms with Crippen molar-refractivity contribution in [3.05, 3.63) is 30.1 Å². The first kappa shape index (κ1) is 14.5. The summed E-state index contributed by atoms with van der Waals surface area (Å²) in [5, 5.41) is 8.73. The van der Waals surface area contributed by atoms with Crippen molar-refractivity contribution < 1.29 is 9.90 Å². The highest BCUT2D eigenvalue weighted by atomic mass is 35.5. The number of aryl methyl sites for hydroxylation is 2. The molecule has 1 heterocycles. The van der Waals surface area contributed by atoms with Crippen molar-refractivity contribution in [2.24, 2.45) is 0 Å². The van der Waals surface area contributed by atoms with Gasteiger partial charge in [0.15, 0.2) is 0 Å². The summed E-state index contributed by atoms with van der Waals surface area (Å²) in [6.07, 6.45) is 1.64. The molecule has 0 atom stereocenters. The Labute approximate surface area is 112 Å². The normalized spacial score (nSPS) is 10.3. The average Bonchev–Trinajstić information content (AvgIpc) is 2.66. The molecular weight excluding hydrogens is 252 g/mol. The molecule has 1 N–H and O–H groups in total. The second-order valence-corrected chi connectivity index (χ2v) is 4.06. The lowest BCUT2D eigenvalue weighted by atomic mass is 10.3. The fraction of sp³-hybridized carbons (Fsp3) is 0.385. The molecular formula is C13H17ClN2O2. The van der Waals surface area contributed by atoms with Gasteiger partial charge in [-0.2, -0.15) is 0 Å². The summed E-state index contributed by atoms with van der Waals surface area (Å²) in [5.74, 6) is 0.0931. The van der Waals surface area contributed by atoms with E-state index < -0.39 is 5.97 Å². The molecule has 0 spiro atoms. The van der Waals surface area contributed by atoms with E-state index in [0.717, 1.165) is 29.8 Å². The Morgan fingerprint density at radius 3 is 2.78 bits per heavy atom. The minimum atomic E-state index is -0.778. The number of carbonyl (C=O) groups is 1. The third-order valence-corrected chi connectivity index (χ3v) is 2.74. The molecule has 0 aliphatic heterocycles. The van der Waals surface area contributed by atoms with Crippen LogP contribution in [0.3, 0.4) is 0 Å². The molecule has 0 saturated carbocycles. The number of hydrogen-bond acceptors (Lipinski definition) is 2. The summed E-state index contributed by atoms with van der Waals surface area (Å²) in [6, 6.07) is 7.93. The number of nitrogens with zero attached hydrogens (tertiary/aromatic N) is 2. The van der Waals surface area contributed by atoms with Crippen LogP contribution in [0.25, 0.3) is 11.0 Å². The predicted octanol–water partition coefficient (Wildman–Crippen LogP) is 2.89. The topological polar surface area (TPSA) is 55.1 Å². The highest BCUT2D eigenvalue weighted by Gasteiger charge is 2.10. The molecule has 5 heteroatoms. The van der Waals surface area contributed by atoms with E-state index in [1.54, 1.807) is 0 Å². The molecule has 0 fully saturated rings. The van der Waals surface area contributed by atoms with E-state index >= 15 is 0 Å². The van der Waals surface area contributed by atoms with Gasteiger partial charge in [0, 0.05) is 13.0 Å². The fourth-order valence-electron chi connectivity index (χ4n) is 2.01. The van der Waals surface area contributed by atoms with Crippen molar-refractivity contribution in [2.75, 3.05) is 0 Å². The third-order valence-electron chi connectivity index (χ3n) is 2.74. The van der Waals surface area contributed by atoms with E-state index in [0.29, 0.717) is 6.42 Å². The van der Waals surface area contributed by atoms with E-state index in [4.69, 9.17) is 5.11 Å². The minimum absolute atomic E-state index is 0. The van der Waals surface area contributed by atoms with Crippen molar-refractivity contribution in [1.29, 1.82) is 0 Å². The molecule has 1 aromatic heterocycles. The van der Waals surface area contributed by atoms with Crippen LogP contribution in [0.2, 0.25) is 0 Å². The summed E-state index contributed by atoms with van der Waals surface area (Å²) >= 11 is 0. The molecule has 0 radical (unpaired) electrons. The Morgan fingerprint density at radius 1 is 1.39 bits per heavy atom. The van der Waals surface area contributed by atoms with Gasteiger partial charge in [0.2, 0.25) is 0 Å². The van der Waals surface area contributed by atoms with Crippen LogP contribution in [0.15, 0.2) is 24.3 Å². The van der Waals surface area contributed by atoms with Crippen LogP contribution in [0.1, 0.15) is 25.6 Å². The van der Waals surface area contributed by atoms with Crippen LogP contribution in [0, 0.1) is 0 Å². The first-order valence-corrected chi connectivity index (χ1v) is 5.88. The SMILES string of the molecule is CCCn1c(CCC(=O)O)nc2ccccc21.Cl. The van der Waals surface area contributed by atoms with Crippen molar-refractivity contribution in [3.63, 3.8) is 0 Å². The van der Waals surface area contributed by atoms with Gasteiger partial charge in [-0.05, 0) is 18.6 Å². The Balaban J connectivity index is 0.00000162. The Hall–Kier alpha value is -1.55. The number of rotatable bonds is 5. The Morgan fingerprint density at radius 2 is 2.11 bits per heavy atom. The molecule has 18 heavy (non-hydrogen) atoms. The zero-order valence-electron chi connectivity index (χ0n) is 10.3. The van der Waals surface area contributed by atoms with Crippen molar-refractivity contribution in [3.8, 4) is 0 Å². The van der Waals surface area contributed by atoms with Crippen LogP contribution < -0.4 is 0 Å². The zero-order valence-corrected chi connectivity index (χ0v) is 11.1. The monoisotopic (exact) mass is 268 g/mol. The van der Waals surface area contributed by atoms with Gasteiger partial charge < -0.3 is 9.67 Å². The molecule has 2 rings (SSSR count). The largest absolute Gasteiger partial charge is 0.481 e. The summed E-state index contributed by atoms with van der Waals surface area (Å²) in [5.41, 5.74) is 2.04. The van der Waals surface area contributed by atoms with Gasteiger partial charge in [0.1, 0.15) is 5.82 Å². The maximum absolute atomic E-state index is 10.6. The Kier molecular flexibility index (Phi) is 5.16. The number of hydrogen-bond donors (Lipinski definition) is 1. The quantitative estimate of drug-likeness (QED) is 0.907. The molecule has 0 unspecified atom stereocenters. The first-order valence-electron chi connectivity index (χ1n) is 5.88. The van der Waals surface area contributed by atoms with Gasteiger partial charge in [-0.25, -0.2) is 4.98 Å². The van der Waals surface area contributed by atoms with Crippen LogP contribution >= 0.6 is 12.4 Å². The van der Waals surface area contributed by atoms with Crippen LogP contribution in [-0.2, 0) is 17.8 Å². The highest BCUT2D eigenvalue weighted by molar-refractivity contribution is 5.85. The zero-order chi connectivity index (χ0) is 12.3. The molecule has 2 aromatic rings. The number of carboxylic acids is 1. The first-order chi connectivity index (χ1) is 8.22. The van der Waals surface area contributed by atoms with Crippen molar-refractivity contribution >= 4 is 29.4 Å². The maximum Gasteiger partial charge on any atom is 0.303 e. The predicted molar refractivity (Wildman–Crippen MR) is 73.2 cm³/mol. The van der Waals surface area contributed by atoms with Gasteiger partial charge >= 0.3 is 5.97 Å². The molecule has 0 amide bonds. The lowest BCUT2D eigenvalue weighted by Crippen LogP contribution is -2.06. The summed E-state index contributed by atoms with van der Waals surface area (Å²) in [6.45, 7) is 2.99. The minimum Gasteiger partial charge on any atom is -0.481 e. The van der Waals surface area contributed by atoms with E-state index in [-0.39, 0.29) is 18.8 Å². The van der Waals surface area contributed by atoms with Gasteiger partial charge in [-0.1, -0.05) is 19.1 Å². The number of aromatic nitrogens is 2. The number of halogens is 1. The number of imidazole rings is 1. The average molecular weight is 269 g/mol. The van der Waals surface area contributed by atoms with Crippen LogP contribution in [-0.4, -0.2) is 20.6 Å². The van der Waals surface area contributed by atoms with Crippen LogP contribution in [0.5, 0.6) is 0 Å². The summed E-state index contributed by atoms with van der Waals surface area (Å²) < 4.78 is 2.12. The van der Waals surface area contributed by atoms with E-state index in [9.17, 15) is 4.79 Å². The molecule has 0 bridgehead atoms. The van der Waals surface area contributed by atoms with Crippen molar-refractivity contribution in [1.82, 2.24) is 9.55 Å². The second-order valence-electron chi connectivity index (χ2n) is 4.06. The molecule has 1 aromatic carbocycles. The fourth-order valence-corrected chi connectivity index (χ4v) is 2.01.